The van der Waals surface area contributed by atoms with Crippen LogP contribution < -0.4 is 14.8 Å². The maximum atomic E-state index is 12.8. The Kier molecular flexibility index (Phi) is 6.20. The van der Waals surface area contributed by atoms with E-state index in [4.69, 9.17) is 14.2 Å². The minimum absolute atomic E-state index is 0.279. The predicted molar refractivity (Wildman–Crippen MR) is 91.3 cm³/mol. The van der Waals surface area contributed by atoms with Crippen molar-refractivity contribution < 1.29 is 23.2 Å². The number of hydrogen-bond acceptors (Lipinski definition) is 5. The molecule has 0 fully saturated rings. The van der Waals surface area contributed by atoms with Gasteiger partial charge in [-0.15, -0.1) is 0 Å². The Bertz CT molecular complexity index is 748. The Labute approximate surface area is 143 Å². The topological polar surface area (TPSA) is 73.9 Å². The molecule has 0 bridgehead atoms. The van der Waals surface area contributed by atoms with Gasteiger partial charge in [-0.2, -0.15) is 0 Å². The van der Waals surface area contributed by atoms with Gasteiger partial charge in [0.1, 0.15) is 11.5 Å². The van der Waals surface area contributed by atoms with Crippen LogP contribution in [-0.4, -0.2) is 31.1 Å². The van der Waals surface area contributed by atoms with Gasteiger partial charge in [-0.05, 0) is 37.3 Å². The molecule has 2 aromatic rings. The number of benzene rings is 2. The minimum atomic E-state index is -1.44. The van der Waals surface area contributed by atoms with Crippen LogP contribution in [0, 0.1) is 0 Å². The Hall–Kier alpha value is -2.54. The lowest BCUT2D eigenvalue weighted by Gasteiger charge is -2.12. The number of methoxy groups -OCH3 is 2. The first kappa shape index (κ1) is 17.8. The fraction of sp³-hybridized carbons (Fsp3) is 0.235. The molecule has 0 aromatic heterocycles. The van der Waals surface area contributed by atoms with E-state index in [1.807, 2.05) is 0 Å². The zero-order valence-corrected chi connectivity index (χ0v) is 14.5. The predicted octanol–water partition coefficient (Wildman–Crippen LogP) is 3.44. The lowest BCUT2D eigenvalue weighted by molar-refractivity contribution is 0.168. The van der Waals surface area contributed by atoms with Crippen LogP contribution >= 0.6 is 0 Å². The Morgan fingerprint density at radius 3 is 2.58 bits per heavy atom. The second-order valence-corrected chi connectivity index (χ2v) is 6.11. The summed E-state index contributed by atoms with van der Waals surface area (Å²) in [5, 5.41) is 2.58. The number of carbonyl (C=O) groups is 1. The van der Waals surface area contributed by atoms with Crippen LogP contribution in [0.25, 0.3) is 0 Å². The maximum absolute atomic E-state index is 12.8. The molecule has 1 unspecified atom stereocenters. The second-order valence-electron chi connectivity index (χ2n) is 4.66. The van der Waals surface area contributed by atoms with Crippen molar-refractivity contribution in [3.05, 3.63) is 42.5 Å². The summed E-state index contributed by atoms with van der Waals surface area (Å²) in [6, 6.07) is 11.9. The largest absolute Gasteiger partial charge is 0.497 e. The van der Waals surface area contributed by atoms with Crippen LogP contribution in [0.2, 0.25) is 0 Å². The van der Waals surface area contributed by atoms with Crippen LogP contribution in [0.4, 0.5) is 10.5 Å². The molecule has 0 aliphatic carbocycles. The van der Waals surface area contributed by atoms with E-state index in [0.717, 1.165) is 0 Å². The number of amides is 1. The Morgan fingerprint density at radius 1 is 1.12 bits per heavy atom. The molecule has 0 radical (unpaired) electrons. The van der Waals surface area contributed by atoms with Crippen molar-refractivity contribution in [2.45, 2.75) is 16.7 Å². The molecule has 0 aliphatic rings. The van der Waals surface area contributed by atoms with Crippen LogP contribution in [0.15, 0.2) is 52.3 Å². The van der Waals surface area contributed by atoms with Crippen molar-refractivity contribution in [3.63, 3.8) is 0 Å². The van der Waals surface area contributed by atoms with Crippen molar-refractivity contribution in [2.75, 3.05) is 26.1 Å². The summed E-state index contributed by atoms with van der Waals surface area (Å²) < 4.78 is 28.1. The number of carbonyl (C=O) groups excluding carboxylic acids is 1. The van der Waals surface area contributed by atoms with Gasteiger partial charge in [0.15, 0.2) is 0 Å². The van der Waals surface area contributed by atoms with Crippen LogP contribution in [0.5, 0.6) is 11.5 Å². The molecule has 2 rings (SSSR count). The fourth-order valence-electron chi connectivity index (χ4n) is 2.03. The standard InChI is InChI=1S/C17H19NO5S/c1-4-23-17(19)18-12-8-9-16(15(10-12)22-3)24(20)14-7-5-6-13(11-14)21-2/h5-11H,4H2,1-3H3,(H,18,19). The summed E-state index contributed by atoms with van der Waals surface area (Å²) in [5.41, 5.74) is 0.497. The number of rotatable bonds is 6. The normalized spacial score (nSPS) is 11.5. The molecule has 0 heterocycles. The van der Waals surface area contributed by atoms with Gasteiger partial charge < -0.3 is 14.2 Å². The van der Waals surface area contributed by atoms with Gasteiger partial charge in [-0.1, -0.05) is 6.07 Å². The highest BCUT2D eigenvalue weighted by Crippen LogP contribution is 2.30. The third-order valence-corrected chi connectivity index (χ3v) is 4.56. The molecule has 1 amide bonds. The van der Waals surface area contributed by atoms with E-state index >= 15 is 0 Å². The highest BCUT2D eigenvalue weighted by molar-refractivity contribution is 7.85. The molecule has 128 valence electrons. The van der Waals surface area contributed by atoms with Crippen LogP contribution in [0.3, 0.4) is 0 Å². The summed E-state index contributed by atoms with van der Waals surface area (Å²) in [4.78, 5) is 12.6. The van der Waals surface area contributed by atoms with E-state index in [-0.39, 0.29) is 6.61 Å². The van der Waals surface area contributed by atoms with E-state index in [9.17, 15) is 9.00 Å². The van der Waals surface area contributed by atoms with E-state index < -0.39 is 16.9 Å². The van der Waals surface area contributed by atoms with Gasteiger partial charge in [-0.25, -0.2) is 9.00 Å². The van der Waals surface area contributed by atoms with Gasteiger partial charge in [0.2, 0.25) is 0 Å². The molecular formula is C17H19NO5S. The zero-order valence-electron chi connectivity index (χ0n) is 13.7. The third kappa shape index (κ3) is 4.26. The molecule has 1 N–H and O–H groups in total. The van der Waals surface area contributed by atoms with Crippen molar-refractivity contribution >= 4 is 22.6 Å². The third-order valence-electron chi connectivity index (χ3n) is 3.14. The molecule has 0 saturated carbocycles. The highest BCUT2D eigenvalue weighted by Gasteiger charge is 2.15. The van der Waals surface area contributed by atoms with Crippen molar-refractivity contribution in [1.29, 1.82) is 0 Å². The molecule has 0 spiro atoms. The molecule has 6 nitrogen and oxygen atoms in total. The molecule has 24 heavy (non-hydrogen) atoms. The van der Waals surface area contributed by atoms with Gasteiger partial charge in [0, 0.05) is 16.6 Å². The Balaban J connectivity index is 2.29. The second kappa shape index (κ2) is 8.35. The molecule has 2 aromatic carbocycles. The van der Waals surface area contributed by atoms with E-state index in [1.165, 1.54) is 7.11 Å². The van der Waals surface area contributed by atoms with Crippen LogP contribution in [-0.2, 0) is 15.5 Å². The smallest absolute Gasteiger partial charge is 0.411 e. The average molecular weight is 349 g/mol. The fourth-order valence-corrected chi connectivity index (χ4v) is 3.22. The first-order chi connectivity index (χ1) is 11.6. The quantitative estimate of drug-likeness (QED) is 0.865. The summed E-state index contributed by atoms with van der Waals surface area (Å²) >= 11 is 0. The number of hydrogen-bond donors (Lipinski definition) is 1. The van der Waals surface area contributed by atoms with Crippen LogP contribution in [0.1, 0.15) is 6.92 Å². The lowest BCUT2D eigenvalue weighted by Crippen LogP contribution is -2.13. The number of nitrogens with one attached hydrogen (secondary N) is 1. The lowest BCUT2D eigenvalue weighted by atomic mass is 10.3. The number of ether oxygens (including phenoxy) is 3. The van der Waals surface area contributed by atoms with Gasteiger partial charge in [0.25, 0.3) is 0 Å². The highest BCUT2D eigenvalue weighted by atomic mass is 32.2. The minimum Gasteiger partial charge on any atom is -0.497 e. The zero-order chi connectivity index (χ0) is 17.5. The summed E-state index contributed by atoms with van der Waals surface area (Å²) in [7, 11) is 1.59. The van der Waals surface area contributed by atoms with Crippen molar-refractivity contribution in [1.82, 2.24) is 0 Å². The Morgan fingerprint density at radius 2 is 1.92 bits per heavy atom. The summed E-state index contributed by atoms with van der Waals surface area (Å²) in [6.45, 7) is 2.00. The number of anilines is 1. The van der Waals surface area contributed by atoms with E-state index in [2.05, 4.69) is 5.32 Å². The van der Waals surface area contributed by atoms with E-state index in [0.29, 0.717) is 27.0 Å². The molecule has 7 heteroatoms. The SMILES string of the molecule is CCOC(=O)Nc1ccc(S(=O)c2cccc(OC)c2)c(OC)c1. The first-order valence-electron chi connectivity index (χ1n) is 7.26. The summed E-state index contributed by atoms with van der Waals surface area (Å²) in [6.07, 6.45) is -0.554. The van der Waals surface area contributed by atoms with Gasteiger partial charge in [0.05, 0.1) is 36.5 Å². The summed E-state index contributed by atoms with van der Waals surface area (Å²) in [5.74, 6) is 1.03. The maximum Gasteiger partial charge on any atom is 0.411 e. The van der Waals surface area contributed by atoms with Crippen molar-refractivity contribution in [3.8, 4) is 11.5 Å². The van der Waals surface area contributed by atoms with Crippen molar-refractivity contribution in [2.24, 2.45) is 0 Å². The first-order valence-corrected chi connectivity index (χ1v) is 8.41. The van der Waals surface area contributed by atoms with Gasteiger partial charge in [-0.3, -0.25) is 5.32 Å². The monoisotopic (exact) mass is 349 g/mol. The molecule has 0 saturated heterocycles. The average Bonchev–Trinajstić information content (AvgIpc) is 2.61. The molecular weight excluding hydrogens is 330 g/mol. The molecule has 0 aliphatic heterocycles. The molecule has 1 atom stereocenters. The van der Waals surface area contributed by atoms with E-state index in [1.54, 1.807) is 56.5 Å². The van der Waals surface area contributed by atoms with Gasteiger partial charge >= 0.3 is 6.09 Å².